The van der Waals surface area contributed by atoms with Crippen LogP contribution >= 0.6 is 11.6 Å². The molecule has 0 spiro atoms. The molecule has 1 aliphatic carbocycles. The zero-order valence-electron chi connectivity index (χ0n) is 9.05. The third-order valence-corrected chi connectivity index (χ3v) is 3.34. The van der Waals surface area contributed by atoms with Gasteiger partial charge in [0.25, 0.3) is 5.24 Å². The van der Waals surface area contributed by atoms with E-state index in [1.165, 1.54) is 24.3 Å². The van der Waals surface area contributed by atoms with Crippen LogP contribution in [0.5, 0.6) is 0 Å². The van der Waals surface area contributed by atoms with Crippen molar-refractivity contribution in [2.24, 2.45) is 0 Å². The molecule has 0 atom stereocenters. The monoisotopic (exact) mass is 276 g/mol. The standard InChI is InChI=1S/C12H8ClF3O2/c13-10(18)9(17)7-1-3-8(4-2-7)11(5-6-11)12(14,15)16/h1-4H,5-6H2. The van der Waals surface area contributed by atoms with Crippen molar-refractivity contribution in [1.82, 2.24) is 0 Å². The number of rotatable bonds is 3. The maximum Gasteiger partial charge on any atom is 0.398 e. The number of hydrogen-bond donors (Lipinski definition) is 0. The first kappa shape index (κ1) is 13.1. The summed E-state index contributed by atoms with van der Waals surface area (Å²) in [6.07, 6.45) is -4.18. The molecule has 0 bridgehead atoms. The number of carbonyl (C=O) groups excluding carboxylic acids is 2. The van der Waals surface area contributed by atoms with Gasteiger partial charge in [-0.2, -0.15) is 13.2 Å². The molecule has 1 aromatic carbocycles. The maximum atomic E-state index is 12.8. The zero-order chi connectivity index (χ0) is 13.6. The summed E-state index contributed by atoms with van der Waals surface area (Å²) in [5.74, 6) is -0.917. The Balaban J connectivity index is 2.29. The number of halogens is 4. The summed E-state index contributed by atoms with van der Waals surface area (Å²) in [6.45, 7) is 0. The zero-order valence-corrected chi connectivity index (χ0v) is 9.81. The highest BCUT2D eigenvalue weighted by Gasteiger charge is 2.64. The van der Waals surface area contributed by atoms with Gasteiger partial charge in [-0.1, -0.05) is 24.3 Å². The molecule has 96 valence electrons. The van der Waals surface area contributed by atoms with E-state index in [9.17, 15) is 22.8 Å². The lowest BCUT2D eigenvalue weighted by Crippen LogP contribution is -2.28. The molecule has 1 aliphatic rings. The van der Waals surface area contributed by atoms with Gasteiger partial charge in [0.05, 0.1) is 5.41 Å². The quantitative estimate of drug-likeness (QED) is 0.482. The van der Waals surface area contributed by atoms with Crippen LogP contribution in [0.15, 0.2) is 24.3 Å². The largest absolute Gasteiger partial charge is 0.398 e. The Hall–Kier alpha value is -1.36. The number of benzene rings is 1. The van der Waals surface area contributed by atoms with Gasteiger partial charge in [-0.25, -0.2) is 0 Å². The average molecular weight is 277 g/mol. The number of carbonyl (C=O) groups is 2. The van der Waals surface area contributed by atoms with Crippen LogP contribution in [0.1, 0.15) is 28.8 Å². The average Bonchev–Trinajstić information content (AvgIpc) is 3.08. The van der Waals surface area contributed by atoms with E-state index in [4.69, 9.17) is 11.6 Å². The molecule has 6 heteroatoms. The lowest BCUT2D eigenvalue weighted by atomic mass is 9.94. The summed E-state index contributed by atoms with van der Waals surface area (Å²) in [5, 5.41) is -1.15. The fourth-order valence-corrected chi connectivity index (χ4v) is 2.02. The molecule has 0 aromatic heterocycles. The lowest BCUT2D eigenvalue weighted by molar-refractivity contribution is -0.160. The number of hydrogen-bond acceptors (Lipinski definition) is 2. The molecular formula is C12H8ClF3O2. The fourth-order valence-electron chi connectivity index (χ4n) is 1.91. The van der Waals surface area contributed by atoms with E-state index in [0.717, 1.165) is 0 Å². The topological polar surface area (TPSA) is 34.1 Å². The molecule has 18 heavy (non-hydrogen) atoms. The van der Waals surface area contributed by atoms with Crippen LogP contribution in [-0.2, 0) is 10.2 Å². The minimum atomic E-state index is -4.29. The van der Waals surface area contributed by atoms with Crippen molar-refractivity contribution >= 4 is 22.6 Å². The molecule has 1 aromatic rings. The highest BCUT2D eigenvalue weighted by Crippen LogP contribution is 2.58. The molecule has 0 aliphatic heterocycles. The molecule has 0 unspecified atom stereocenters. The molecule has 1 fully saturated rings. The van der Waals surface area contributed by atoms with Crippen molar-refractivity contribution in [2.45, 2.75) is 24.4 Å². The first-order valence-corrected chi connectivity index (χ1v) is 5.57. The van der Waals surface area contributed by atoms with Gasteiger partial charge in [0.1, 0.15) is 0 Å². The number of Topliss-reactive ketones (excluding diaryl/α,β-unsaturated/α-hetero) is 1. The Morgan fingerprint density at radius 1 is 1.11 bits per heavy atom. The minimum Gasteiger partial charge on any atom is -0.284 e. The summed E-state index contributed by atoms with van der Waals surface area (Å²) in [4.78, 5) is 21.8. The Labute approximate surface area is 106 Å². The molecule has 2 rings (SSSR count). The van der Waals surface area contributed by atoms with Gasteiger partial charge in [0, 0.05) is 5.56 Å². The SMILES string of the molecule is O=C(Cl)C(=O)c1ccc(C2(C(F)(F)F)CC2)cc1. The Morgan fingerprint density at radius 3 is 1.94 bits per heavy atom. The predicted octanol–water partition coefficient (Wildman–Crippen LogP) is 3.23. The smallest absolute Gasteiger partial charge is 0.284 e. The van der Waals surface area contributed by atoms with Crippen LogP contribution in [0.25, 0.3) is 0 Å². The van der Waals surface area contributed by atoms with Gasteiger partial charge in [0.2, 0.25) is 5.78 Å². The summed E-state index contributed by atoms with van der Waals surface area (Å²) >= 11 is 5.01. The molecule has 0 N–H and O–H groups in total. The second-order valence-electron chi connectivity index (χ2n) is 4.26. The van der Waals surface area contributed by atoms with E-state index >= 15 is 0 Å². The maximum absolute atomic E-state index is 12.8. The third kappa shape index (κ3) is 2.03. The molecule has 2 nitrogen and oxygen atoms in total. The number of ketones is 1. The normalized spacial score (nSPS) is 17.3. The van der Waals surface area contributed by atoms with E-state index < -0.39 is 22.6 Å². The molecule has 1 saturated carbocycles. The first-order valence-electron chi connectivity index (χ1n) is 5.19. The van der Waals surface area contributed by atoms with Gasteiger partial charge in [-0.3, -0.25) is 9.59 Å². The van der Waals surface area contributed by atoms with Crippen LogP contribution in [0.3, 0.4) is 0 Å². The van der Waals surface area contributed by atoms with Crippen LogP contribution in [0.2, 0.25) is 0 Å². The van der Waals surface area contributed by atoms with Crippen molar-refractivity contribution in [3.63, 3.8) is 0 Å². The van der Waals surface area contributed by atoms with Crippen LogP contribution in [0.4, 0.5) is 13.2 Å². The van der Waals surface area contributed by atoms with Gasteiger partial charge in [0.15, 0.2) is 0 Å². The highest BCUT2D eigenvalue weighted by molar-refractivity contribution is 6.83. The number of alkyl halides is 3. The van der Waals surface area contributed by atoms with Crippen molar-refractivity contribution in [2.75, 3.05) is 0 Å². The van der Waals surface area contributed by atoms with Crippen molar-refractivity contribution < 1.29 is 22.8 Å². The van der Waals surface area contributed by atoms with Gasteiger partial charge < -0.3 is 0 Å². The van der Waals surface area contributed by atoms with Crippen molar-refractivity contribution in [3.05, 3.63) is 35.4 Å². The van der Waals surface area contributed by atoms with Gasteiger partial charge >= 0.3 is 6.18 Å². The highest BCUT2D eigenvalue weighted by atomic mass is 35.5. The molecule has 0 radical (unpaired) electrons. The summed E-state index contributed by atoms with van der Waals surface area (Å²) in [6, 6.07) is 4.86. The Kier molecular flexibility index (Phi) is 2.97. The first-order chi connectivity index (χ1) is 8.28. The Bertz CT molecular complexity index is 501. The molecule has 0 heterocycles. The molecular weight excluding hydrogens is 269 g/mol. The van der Waals surface area contributed by atoms with E-state index in [1.54, 1.807) is 0 Å². The van der Waals surface area contributed by atoms with Crippen molar-refractivity contribution in [1.29, 1.82) is 0 Å². The predicted molar refractivity (Wildman–Crippen MR) is 58.6 cm³/mol. The van der Waals surface area contributed by atoms with Gasteiger partial charge in [-0.05, 0) is 30.0 Å². The summed E-state index contributed by atoms with van der Waals surface area (Å²) in [7, 11) is 0. The Morgan fingerprint density at radius 2 is 1.61 bits per heavy atom. The van der Waals surface area contributed by atoms with E-state index in [-0.39, 0.29) is 24.0 Å². The molecule has 0 saturated heterocycles. The van der Waals surface area contributed by atoms with Crippen LogP contribution < -0.4 is 0 Å². The van der Waals surface area contributed by atoms with Crippen LogP contribution in [0, 0.1) is 0 Å². The second kappa shape index (κ2) is 4.09. The fraction of sp³-hybridized carbons (Fsp3) is 0.333. The van der Waals surface area contributed by atoms with Gasteiger partial charge in [-0.15, -0.1) is 0 Å². The minimum absolute atomic E-state index is 0.00303. The van der Waals surface area contributed by atoms with Crippen molar-refractivity contribution in [3.8, 4) is 0 Å². The summed E-state index contributed by atoms with van der Waals surface area (Å²) in [5.41, 5.74) is -1.66. The summed E-state index contributed by atoms with van der Waals surface area (Å²) < 4.78 is 38.5. The molecule has 0 amide bonds. The van der Waals surface area contributed by atoms with E-state index in [0.29, 0.717) is 0 Å². The van der Waals surface area contributed by atoms with E-state index in [2.05, 4.69) is 0 Å². The van der Waals surface area contributed by atoms with Crippen LogP contribution in [-0.4, -0.2) is 17.2 Å². The second-order valence-corrected chi connectivity index (χ2v) is 4.60. The third-order valence-electron chi connectivity index (χ3n) is 3.17. The van der Waals surface area contributed by atoms with E-state index in [1.807, 2.05) is 0 Å². The lowest BCUT2D eigenvalue weighted by Gasteiger charge is -2.19.